The zero-order chi connectivity index (χ0) is 40.1. The van der Waals surface area contributed by atoms with Crippen LogP contribution in [-0.4, -0.2) is 75.5 Å². The van der Waals surface area contributed by atoms with Crippen LogP contribution in [0.1, 0.15) is 181 Å². The number of carbonyl (C=O) groups is 5. The second-order valence-corrected chi connectivity index (χ2v) is 19.5. The van der Waals surface area contributed by atoms with Crippen molar-refractivity contribution in [1.29, 1.82) is 0 Å². The number of amides is 4. The minimum absolute atomic E-state index is 0.0599. The second kappa shape index (κ2) is 36.7. The number of halogens is 1. The first-order chi connectivity index (χ1) is 26.0. The van der Waals surface area contributed by atoms with Gasteiger partial charge in [-0.05, 0) is 64.8 Å². The number of nitrogens with zero attached hydrogens (tertiary/aromatic N) is 3. The third kappa shape index (κ3) is 37.0. The molecule has 0 aliphatic heterocycles. The SMILES string of the molecule is CC(C)(C)OC(=O)NCCCCCCCCCCC(=O)NCCCC[C@H](CC(=O)CCCCN=[N+]=[N-])C(=O)NCCCCCCCCCCC(=O)[NH][Ga][I]. The Kier molecular flexibility index (Phi) is 35.3. The number of unbranched alkanes of at least 4 members (excludes halogenated alkanes) is 16. The molecule has 0 fully saturated rings. The Morgan fingerprint density at radius 2 is 1.13 bits per heavy atom. The summed E-state index contributed by atoms with van der Waals surface area (Å²) in [7, 11) is 0. The summed E-state index contributed by atoms with van der Waals surface area (Å²) in [6, 6.07) is 0. The van der Waals surface area contributed by atoms with E-state index < -0.39 is 19.7 Å². The molecule has 0 aromatic heterocycles. The molecular formula is C39H72GaIN7O6. The zero-order valence-corrected chi connectivity index (χ0v) is 38.4. The summed E-state index contributed by atoms with van der Waals surface area (Å²) in [6.07, 6.45) is 21.9. The van der Waals surface area contributed by atoms with Crippen LogP contribution < -0.4 is 20.0 Å². The van der Waals surface area contributed by atoms with Crippen molar-refractivity contribution in [3.63, 3.8) is 0 Å². The molecular weight excluding hydrogens is 859 g/mol. The van der Waals surface area contributed by atoms with Gasteiger partial charge in [0, 0.05) is 49.7 Å². The summed E-state index contributed by atoms with van der Waals surface area (Å²) in [5, 5.41) is 12.4. The fourth-order valence-electron chi connectivity index (χ4n) is 6.02. The number of Topliss-reactive ketones (excluding diaryl/α,β-unsaturated/α-hetero) is 1. The summed E-state index contributed by atoms with van der Waals surface area (Å²) >= 11 is 1.72. The number of hydrogen-bond donors (Lipinski definition) is 4. The predicted octanol–water partition coefficient (Wildman–Crippen LogP) is 9.08. The molecule has 0 unspecified atom stereocenters. The molecule has 309 valence electrons. The molecule has 0 heterocycles. The third-order valence-corrected chi connectivity index (χ3v) is 11.5. The van der Waals surface area contributed by atoms with Crippen molar-refractivity contribution in [2.75, 3.05) is 26.2 Å². The Morgan fingerprint density at radius 3 is 1.69 bits per heavy atom. The van der Waals surface area contributed by atoms with Crippen molar-refractivity contribution in [1.82, 2.24) is 20.0 Å². The van der Waals surface area contributed by atoms with Crippen LogP contribution in [0.4, 0.5) is 4.79 Å². The molecule has 13 nitrogen and oxygen atoms in total. The number of carbonyl (C=O) groups excluding carboxylic acids is 5. The van der Waals surface area contributed by atoms with Crippen molar-refractivity contribution in [2.45, 2.75) is 187 Å². The number of alkyl carbamates (subject to hydrolysis) is 1. The van der Waals surface area contributed by atoms with Gasteiger partial charge in [-0.2, -0.15) is 0 Å². The minimum atomic E-state index is -0.570. The van der Waals surface area contributed by atoms with E-state index in [2.05, 4.69) is 49.7 Å². The quantitative estimate of drug-likeness (QED) is 0.0121. The van der Waals surface area contributed by atoms with Crippen LogP contribution >= 0.6 is 19.7 Å². The van der Waals surface area contributed by atoms with Gasteiger partial charge in [0.05, 0.1) is 0 Å². The number of rotatable bonds is 36. The molecule has 4 amide bonds. The van der Waals surface area contributed by atoms with Gasteiger partial charge in [-0.25, -0.2) is 4.79 Å². The zero-order valence-electron chi connectivity index (χ0n) is 33.8. The average molecular weight is 932 g/mol. The van der Waals surface area contributed by atoms with Crippen molar-refractivity contribution < 1.29 is 28.7 Å². The third-order valence-electron chi connectivity index (χ3n) is 9.02. The van der Waals surface area contributed by atoms with Gasteiger partial charge >= 0.3 is 119 Å². The molecule has 0 aromatic rings. The van der Waals surface area contributed by atoms with Crippen LogP contribution in [0.15, 0.2) is 5.11 Å². The molecule has 0 bridgehead atoms. The summed E-state index contributed by atoms with van der Waals surface area (Å²) in [5.74, 6) is -0.113. The van der Waals surface area contributed by atoms with Gasteiger partial charge in [0.1, 0.15) is 11.4 Å². The molecule has 0 spiro atoms. The monoisotopic (exact) mass is 930 g/mol. The van der Waals surface area contributed by atoms with Gasteiger partial charge in [-0.3, -0.25) is 14.4 Å². The molecule has 0 aliphatic rings. The average Bonchev–Trinajstić information content (AvgIpc) is 3.11. The van der Waals surface area contributed by atoms with E-state index in [1.165, 1.54) is 6.42 Å². The summed E-state index contributed by atoms with van der Waals surface area (Å²) in [4.78, 5) is 64.1. The van der Waals surface area contributed by atoms with Gasteiger partial charge in [-0.15, -0.1) is 0 Å². The molecule has 54 heavy (non-hydrogen) atoms. The molecule has 0 saturated carbocycles. The van der Waals surface area contributed by atoms with E-state index in [0.717, 1.165) is 109 Å². The van der Waals surface area contributed by atoms with Gasteiger partial charge in [-0.1, -0.05) is 50.1 Å². The summed E-state index contributed by atoms with van der Waals surface area (Å²) < 4.78 is 8.21. The Labute approximate surface area is 344 Å². The molecule has 1 atom stereocenters. The predicted molar refractivity (Wildman–Crippen MR) is 226 cm³/mol. The van der Waals surface area contributed by atoms with Crippen molar-refractivity contribution >= 4 is 63.4 Å². The Hall–Kier alpha value is -1.97. The van der Waals surface area contributed by atoms with Crippen molar-refractivity contribution in [2.24, 2.45) is 11.0 Å². The standard InChI is InChI=1S/C39H73N7O6.Ga.HI/c1-39(2,3)52-38(51)44-30-21-15-11-7-5-9-13-17-27-36(49)42-28-22-18-24-33(32-34(47)25-19-23-31-45-46-41)37(50)43-29-20-14-10-6-4-8-12-16-26-35(40)48;;/h33H,4-32H2,1-3H3,(H5,40,42,43,44,48,49,50,51);;1H/q;+2;/p-2/t33-;;/m1../s1. The number of nitrogens with one attached hydrogen (secondary N) is 4. The van der Waals surface area contributed by atoms with Crippen molar-refractivity contribution in [3.8, 4) is 0 Å². The Morgan fingerprint density at radius 1 is 0.648 bits per heavy atom. The molecule has 4 N–H and O–H groups in total. The number of ketones is 1. The second-order valence-electron chi connectivity index (χ2n) is 15.3. The molecule has 0 aromatic carbocycles. The van der Waals surface area contributed by atoms with Crippen LogP contribution in [0.3, 0.4) is 0 Å². The summed E-state index contributed by atoms with van der Waals surface area (Å²) in [5.41, 5.74) is 7.96. The first-order valence-corrected chi connectivity index (χ1v) is 29.3. The number of hydrogen-bond acceptors (Lipinski definition) is 7. The van der Waals surface area contributed by atoms with Gasteiger partial charge in [0.25, 0.3) is 0 Å². The maximum atomic E-state index is 13.1. The molecule has 0 saturated heterocycles. The molecule has 15 heteroatoms. The van der Waals surface area contributed by atoms with Gasteiger partial charge < -0.3 is 20.7 Å². The molecule has 1 radical (unpaired) electrons. The van der Waals surface area contributed by atoms with Gasteiger partial charge in [0.2, 0.25) is 11.8 Å². The number of ether oxygens (including phenoxy) is 1. The van der Waals surface area contributed by atoms with E-state index in [4.69, 9.17) is 10.3 Å². The first kappa shape index (κ1) is 52.0. The van der Waals surface area contributed by atoms with E-state index in [1.54, 1.807) is 0 Å². The van der Waals surface area contributed by atoms with E-state index >= 15 is 0 Å². The van der Waals surface area contributed by atoms with Crippen LogP contribution in [0, 0.1) is 5.92 Å². The molecule has 0 rings (SSSR count). The van der Waals surface area contributed by atoms with E-state index in [1.807, 2.05) is 20.8 Å². The van der Waals surface area contributed by atoms with Crippen LogP contribution in [0.5, 0.6) is 0 Å². The van der Waals surface area contributed by atoms with Crippen LogP contribution in [-0.2, 0) is 23.9 Å². The van der Waals surface area contributed by atoms with E-state index in [9.17, 15) is 24.0 Å². The van der Waals surface area contributed by atoms with Crippen LogP contribution in [0.2, 0.25) is 0 Å². The fourth-order valence-corrected chi connectivity index (χ4v) is 8.38. The summed E-state index contributed by atoms with van der Waals surface area (Å²) in [6.45, 7) is 7.74. The normalized spacial score (nSPS) is 11.6. The van der Waals surface area contributed by atoms with Crippen LogP contribution in [0.25, 0.3) is 10.4 Å². The van der Waals surface area contributed by atoms with Gasteiger partial charge in [0.15, 0.2) is 0 Å². The Balaban J connectivity index is 4.17. The first-order valence-electron chi connectivity index (χ1n) is 20.7. The number of azide groups is 1. The fraction of sp³-hybridized carbons (Fsp3) is 0.872. The van der Waals surface area contributed by atoms with E-state index in [-0.39, 0.29) is 41.9 Å². The van der Waals surface area contributed by atoms with Crippen molar-refractivity contribution in [3.05, 3.63) is 10.4 Å². The Bertz CT molecular complexity index is 1070. The van der Waals surface area contributed by atoms with E-state index in [0.29, 0.717) is 64.7 Å². The maximum absolute atomic E-state index is 13.1. The topological polar surface area (TPSA) is 191 Å². The molecule has 0 aliphatic carbocycles.